The summed E-state index contributed by atoms with van der Waals surface area (Å²) in [5.74, 6) is 0.267. The van der Waals surface area contributed by atoms with Gasteiger partial charge < -0.3 is 15.1 Å². The van der Waals surface area contributed by atoms with Crippen molar-refractivity contribution in [3.05, 3.63) is 29.3 Å². The summed E-state index contributed by atoms with van der Waals surface area (Å²) in [7, 11) is 0. The van der Waals surface area contributed by atoms with E-state index in [9.17, 15) is 4.79 Å². The molecule has 0 unspecified atom stereocenters. The minimum absolute atomic E-state index is 0.267. The van der Waals surface area contributed by atoms with E-state index < -0.39 is 0 Å². The lowest BCUT2D eigenvalue weighted by atomic mass is 9.98. The smallest absolute Gasteiger partial charge is 0.222 e. The highest BCUT2D eigenvalue weighted by molar-refractivity contribution is 5.76. The van der Waals surface area contributed by atoms with Crippen molar-refractivity contribution >= 4 is 11.6 Å². The van der Waals surface area contributed by atoms with Gasteiger partial charge in [-0.05, 0) is 29.7 Å². The van der Waals surface area contributed by atoms with Crippen molar-refractivity contribution in [2.45, 2.75) is 26.3 Å². The summed E-state index contributed by atoms with van der Waals surface area (Å²) < 4.78 is 0. The zero-order valence-electron chi connectivity index (χ0n) is 12.2. The van der Waals surface area contributed by atoms with Crippen LogP contribution < -0.4 is 10.2 Å². The predicted molar refractivity (Wildman–Crippen MR) is 80.9 cm³/mol. The SMILES string of the molecule is CCC(=O)N1CCc2ccc(N3CCNCC3)cc2C1. The molecule has 4 heteroatoms. The van der Waals surface area contributed by atoms with E-state index in [1.54, 1.807) is 0 Å². The lowest BCUT2D eigenvalue weighted by molar-refractivity contribution is -0.131. The van der Waals surface area contributed by atoms with Crippen LogP contribution in [-0.2, 0) is 17.8 Å². The Balaban J connectivity index is 1.79. The minimum Gasteiger partial charge on any atom is -0.369 e. The molecule has 4 nitrogen and oxygen atoms in total. The molecule has 20 heavy (non-hydrogen) atoms. The molecule has 0 spiro atoms. The number of fused-ring (bicyclic) bond motifs is 1. The van der Waals surface area contributed by atoms with E-state index in [2.05, 4.69) is 28.4 Å². The van der Waals surface area contributed by atoms with Crippen molar-refractivity contribution in [3.63, 3.8) is 0 Å². The van der Waals surface area contributed by atoms with E-state index in [4.69, 9.17) is 0 Å². The topological polar surface area (TPSA) is 35.6 Å². The van der Waals surface area contributed by atoms with Crippen molar-refractivity contribution in [2.75, 3.05) is 37.6 Å². The molecule has 2 aliphatic heterocycles. The maximum atomic E-state index is 11.9. The zero-order valence-corrected chi connectivity index (χ0v) is 12.2. The second kappa shape index (κ2) is 5.83. The van der Waals surface area contributed by atoms with E-state index in [0.717, 1.165) is 45.7 Å². The first kappa shape index (κ1) is 13.4. The molecule has 0 radical (unpaired) electrons. The number of amides is 1. The first-order chi connectivity index (χ1) is 9.78. The van der Waals surface area contributed by atoms with Crippen molar-refractivity contribution in [1.29, 1.82) is 0 Å². The first-order valence-electron chi connectivity index (χ1n) is 7.63. The number of anilines is 1. The Bertz CT molecular complexity index is 494. The van der Waals surface area contributed by atoms with Gasteiger partial charge in [0.15, 0.2) is 0 Å². The summed E-state index contributed by atoms with van der Waals surface area (Å²) in [5.41, 5.74) is 4.04. The Morgan fingerprint density at radius 3 is 2.75 bits per heavy atom. The minimum atomic E-state index is 0.267. The zero-order chi connectivity index (χ0) is 13.9. The number of carbonyl (C=O) groups excluding carboxylic acids is 1. The fourth-order valence-electron chi connectivity index (χ4n) is 3.10. The Kier molecular flexibility index (Phi) is 3.92. The third-order valence-corrected chi connectivity index (χ3v) is 4.34. The number of hydrogen-bond donors (Lipinski definition) is 1. The maximum absolute atomic E-state index is 11.9. The van der Waals surface area contributed by atoms with Crippen molar-refractivity contribution < 1.29 is 4.79 Å². The van der Waals surface area contributed by atoms with Gasteiger partial charge in [-0.25, -0.2) is 0 Å². The molecule has 0 aromatic heterocycles. The van der Waals surface area contributed by atoms with Crippen LogP contribution in [0.4, 0.5) is 5.69 Å². The number of nitrogens with one attached hydrogen (secondary N) is 1. The van der Waals surface area contributed by atoms with Crippen molar-refractivity contribution in [2.24, 2.45) is 0 Å². The highest BCUT2D eigenvalue weighted by Crippen LogP contribution is 2.25. The normalized spacial score (nSPS) is 18.9. The van der Waals surface area contributed by atoms with Crippen LogP contribution in [-0.4, -0.2) is 43.5 Å². The summed E-state index contributed by atoms with van der Waals surface area (Å²) in [4.78, 5) is 16.3. The van der Waals surface area contributed by atoms with Gasteiger partial charge in [0, 0.05) is 51.4 Å². The third-order valence-electron chi connectivity index (χ3n) is 4.34. The van der Waals surface area contributed by atoms with E-state index in [1.165, 1.54) is 16.8 Å². The largest absolute Gasteiger partial charge is 0.369 e. The Morgan fingerprint density at radius 1 is 1.20 bits per heavy atom. The second-order valence-electron chi connectivity index (χ2n) is 5.61. The van der Waals surface area contributed by atoms with Crippen molar-refractivity contribution in [1.82, 2.24) is 10.2 Å². The van der Waals surface area contributed by atoms with E-state index in [0.29, 0.717) is 6.42 Å². The molecule has 0 saturated carbocycles. The summed E-state index contributed by atoms with van der Waals surface area (Å²) >= 11 is 0. The number of piperazine rings is 1. The van der Waals surface area contributed by atoms with E-state index >= 15 is 0 Å². The summed E-state index contributed by atoms with van der Waals surface area (Å²) in [6.45, 7) is 7.82. The fraction of sp³-hybridized carbons (Fsp3) is 0.562. The summed E-state index contributed by atoms with van der Waals surface area (Å²) in [6, 6.07) is 6.78. The molecule has 1 fully saturated rings. The molecule has 0 bridgehead atoms. The molecule has 3 rings (SSSR count). The summed E-state index contributed by atoms with van der Waals surface area (Å²) in [5, 5.41) is 3.38. The number of benzene rings is 1. The van der Waals surface area contributed by atoms with Crippen LogP contribution >= 0.6 is 0 Å². The van der Waals surface area contributed by atoms with E-state index in [-0.39, 0.29) is 5.91 Å². The molecule has 1 N–H and O–H groups in total. The third kappa shape index (κ3) is 2.66. The van der Waals surface area contributed by atoms with Gasteiger partial charge in [0.05, 0.1) is 0 Å². The molecule has 1 saturated heterocycles. The van der Waals surface area contributed by atoms with Crippen LogP contribution in [0.3, 0.4) is 0 Å². The van der Waals surface area contributed by atoms with Crippen LogP contribution in [0.2, 0.25) is 0 Å². The molecular formula is C16H23N3O. The van der Waals surface area contributed by atoms with Gasteiger partial charge >= 0.3 is 0 Å². The highest BCUT2D eigenvalue weighted by Gasteiger charge is 2.20. The maximum Gasteiger partial charge on any atom is 0.222 e. The van der Waals surface area contributed by atoms with Crippen LogP contribution in [0.15, 0.2) is 18.2 Å². The van der Waals surface area contributed by atoms with Crippen LogP contribution in [0.25, 0.3) is 0 Å². The van der Waals surface area contributed by atoms with Crippen LogP contribution in [0.5, 0.6) is 0 Å². The average Bonchev–Trinajstić information content (AvgIpc) is 2.54. The molecule has 0 atom stereocenters. The lowest BCUT2D eigenvalue weighted by Crippen LogP contribution is -2.43. The van der Waals surface area contributed by atoms with Crippen LogP contribution in [0, 0.1) is 0 Å². The monoisotopic (exact) mass is 273 g/mol. The molecule has 1 aromatic rings. The van der Waals surface area contributed by atoms with Gasteiger partial charge in [0.25, 0.3) is 0 Å². The standard InChI is InChI=1S/C16H23N3O/c1-2-16(20)19-8-5-13-3-4-15(11-14(13)12-19)18-9-6-17-7-10-18/h3-4,11,17H,2,5-10,12H2,1H3. The molecule has 1 aromatic carbocycles. The van der Waals surface area contributed by atoms with Gasteiger partial charge in [-0.15, -0.1) is 0 Å². The van der Waals surface area contributed by atoms with Gasteiger partial charge in [0.2, 0.25) is 5.91 Å². The molecule has 1 amide bonds. The number of rotatable bonds is 2. The Labute approximate surface area is 120 Å². The Hall–Kier alpha value is -1.55. The predicted octanol–water partition coefficient (Wildman–Crippen LogP) is 1.39. The van der Waals surface area contributed by atoms with Crippen LogP contribution in [0.1, 0.15) is 24.5 Å². The quantitative estimate of drug-likeness (QED) is 0.884. The highest BCUT2D eigenvalue weighted by atomic mass is 16.2. The number of nitrogens with zero attached hydrogens (tertiary/aromatic N) is 2. The van der Waals surface area contributed by atoms with Gasteiger partial charge in [-0.3, -0.25) is 4.79 Å². The lowest BCUT2D eigenvalue weighted by Gasteiger charge is -2.32. The Morgan fingerprint density at radius 2 is 2.00 bits per heavy atom. The molecule has 0 aliphatic carbocycles. The number of carbonyl (C=O) groups is 1. The van der Waals surface area contributed by atoms with Gasteiger partial charge in [0.1, 0.15) is 0 Å². The molecule has 108 valence electrons. The van der Waals surface area contributed by atoms with E-state index in [1.807, 2.05) is 11.8 Å². The summed E-state index contributed by atoms with van der Waals surface area (Å²) in [6.07, 6.45) is 1.59. The van der Waals surface area contributed by atoms with Gasteiger partial charge in [-0.2, -0.15) is 0 Å². The number of hydrogen-bond acceptors (Lipinski definition) is 3. The molecule has 2 heterocycles. The van der Waals surface area contributed by atoms with Crippen molar-refractivity contribution in [3.8, 4) is 0 Å². The second-order valence-corrected chi connectivity index (χ2v) is 5.61. The van der Waals surface area contributed by atoms with Gasteiger partial charge in [-0.1, -0.05) is 13.0 Å². The molecule has 2 aliphatic rings. The first-order valence-corrected chi connectivity index (χ1v) is 7.63. The average molecular weight is 273 g/mol. The molecular weight excluding hydrogens is 250 g/mol. The fourth-order valence-corrected chi connectivity index (χ4v) is 3.10.